The monoisotopic (exact) mass is 297 g/mol. The molecule has 0 amide bonds. The molecule has 1 saturated heterocycles. The molecule has 2 aliphatic rings. The van der Waals surface area contributed by atoms with Gasteiger partial charge in [-0.15, -0.1) is 0 Å². The lowest BCUT2D eigenvalue weighted by atomic mass is 9.75. The second-order valence-corrected chi connectivity index (χ2v) is 7.62. The highest BCUT2D eigenvalue weighted by molar-refractivity contribution is 4.99. The molecule has 0 aromatic heterocycles. The first-order valence-electron chi connectivity index (χ1n) is 8.66. The summed E-state index contributed by atoms with van der Waals surface area (Å²) in [7, 11) is 6.78. The van der Waals surface area contributed by atoms with Crippen molar-refractivity contribution in [2.24, 2.45) is 5.41 Å². The van der Waals surface area contributed by atoms with E-state index in [0.29, 0.717) is 11.0 Å². The predicted octanol–water partition coefficient (Wildman–Crippen LogP) is 1.81. The summed E-state index contributed by atoms with van der Waals surface area (Å²) in [6, 6.07) is 0. The lowest BCUT2D eigenvalue weighted by Crippen LogP contribution is -2.58. The van der Waals surface area contributed by atoms with E-state index in [1.165, 1.54) is 38.6 Å². The number of nitrogens with one attached hydrogen (secondary N) is 1. The quantitative estimate of drug-likeness (QED) is 0.657. The molecule has 0 aromatic carbocycles. The Hall–Kier alpha value is -0.160. The Balaban J connectivity index is 1.87. The lowest BCUT2D eigenvalue weighted by Gasteiger charge is -2.50. The van der Waals surface area contributed by atoms with Crippen molar-refractivity contribution in [1.82, 2.24) is 15.1 Å². The highest BCUT2D eigenvalue weighted by Gasteiger charge is 2.42. The van der Waals surface area contributed by atoms with E-state index in [9.17, 15) is 0 Å². The Morgan fingerprint density at radius 2 is 1.86 bits per heavy atom. The molecule has 1 N–H and O–H groups in total. The fourth-order valence-corrected chi connectivity index (χ4v) is 3.96. The molecule has 0 radical (unpaired) electrons. The van der Waals surface area contributed by atoms with Gasteiger partial charge < -0.3 is 19.9 Å². The van der Waals surface area contributed by atoms with Gasteiger partial charge in [-0.2, -0.15) is 0 Å². The molecular formula is C17H35N3O. The Morgan fingerprint density at radius 3 is 2.33 bits per heavy atom. The molecule has 2 fully saturated rings. The third kappa shape index (κ3) is 4.19. The summed E-state index contributed by atoms with van der Waals surface area (Å²) in [5.74, 6) is 0. The molecular weight excluding hydrogens is 262 g/mol. The summed E-state index contributed by atoms with van der Waals surface area (Å²) in [4.78, 5) is 5.00. The highest BCUT2D eigenvalue weighted by Crippen LogP contribution is 2.37. The van der Waals surface area contributed by atoms with E-state index < -0.39 is 0 Å². The lowest BCUT2D eigenvalue weighted by molar-refractivity contribution is 0.0138. The average Bonchev–Trinajstić information content (AvgIpc) is 2.82. The first-order chi connectivity index (χ1) is 10.0. The largest absolute Gasteiger partial charge is 0.381 e. The van der Waals surface area contributed by atoms with E-state index in [0.717, 1.165) is 32.8 Å². The molecule has 1 aliphatic carbocycles. The van der Waals surface area contributed by atoms with Crippen molar-refractivity contribution < 1.29 is 4.74 Å². The molecule has 21 heavy (non-hydrogen) atoms. The van der Waals surface area contributed by atoms with Crippen LogP contribution in [-0.4, -0.2) is 75.9 Å². The summed E-state index contributed by atoms with van der Waals surface area (Å²) in [6.45, 7) is 8.64. The molecule has 0 spiro atoms. The Morgan fingerprint density at radius 1 is 1.10 bits per heavy atom. The van der Waals surface area contributed by atoms with E-state index in [4.69, 9.17) is 4.74 Å². The Kier molecular flexibility index (Phi) is 6.06. The topological polar surface area (TPSA) is 27.7 Å². The van der Waals surface area contributed by atoms with Gasteiger partial charge in [-0.1, -0.05) is 6.92 Å². The van der Waals surface area contributed by atoms with Crippen molar-refractivity contribution in [3.05, 3.63) is 0 Å². The van der Waals surface area contributed by atoms with Gasteiger partial charge in [0.2, 0.25) is 0 Å². The van der Waals surface area contributed by atoms with E-state index in [1.54, 1.807) is 0 Å². The molecule has 1 unspecified atom stereocenters. The molecule has 0 aromatic rings. The van der Waals surface area contributed by atoms with Crippen LogP contribution in [0.1, 0.15) is 39.0 Å². The Labute approximate surface area is 131 Å². The van der Waals surface area contributed by atoms with Gasteiger partial charge in [0.1, 0.15) is 0 Å². The zero-order chi connectivity index (χ0) is 15.3. The Bertz CT molecular complexity index is 309. The van der Waals surface area contributed by atoms with E-state index in [-0.39, 0.29) is 0 Å². The van der Waals surface area contributed by atoms with E-state index in [2.05, 4.69) is 43.2 Å². The normalized spacial score (nSPS) is 28.3. The third-order valence-corrected chi connectivity index (χ3v) is 5.51. The summed E-state index contributed by atoms with van der Waals surface area (Å²) in [5, 5.41) is 3.62. The smallest absolute Gasteiger partial charge is 0.0547 e. The SMILES string of the molecule is CCCNCC1(CN(C)CC2(N(C)C)CCC2)CCOC1. The predicted molar refractivity (Wildman–Crippen MR) is 88.8 cm³/mol. The van der Waals surface area contributed by atoms with Gasteiger partial charge in [-0.25, -0.2) is 0 Å². The molecule has 2 rings (SSSR count). The van der Waals surface area contributed by atoms with Crippen LogP contribution in [0.15, 0.2) is 0 Å². The molecule has 124 valence electrons. The number of hydrogen-bond donors (Lipinski definition) is 1. The van der Waals surface area contributed by atoms with Crippen LogP contribution in [0, 0.1) is 5.41 Å². The fourth-order valence-electron chi connectivity index (χ4n) is 3.96. The maximum atomic E-state index is 5.73. The summed E-state index contributed by atoms with van der Waals surface area (Å²) in [6.07, 6.45) is 6.49. The van der Waals surface area contributed by atoms with Crippen LogP contribution in [-0.2, 0) is 4.74 Å². The first-order valence-corrected chi connectivity index (χ1v) is 8.66. The first kappa shape index (κ1) is 17.2. The molecule has 4 heteroatoms. The van der Waals surface area contributed by atoms with Crippen LogP contribution in [0.2, 0.25) is 0 Å². The third-order valence-electron chi connectivity index (χ3n) is 5.51. The van der Waals surface area contributed by atoms with Crippen molar-refractivity contribution in [2.45, 2.75) is 44.6 Å². The van der Waals surface area contributed by atoms with Gasteiger partial charge in [-0.05, 0) is 59.8 Å². The van der Waals surface area contributed by atoms with Crippen LogP contribution < -0.4 is 5.32 Å². The van der Waals surface area contributed by atoms with Crippen molar-refractivity contribution in [2.75, 3.05) is 60.5 Å². The number of likely N-dealkylation sites (N-methyl/N-ethyl adjacent to an activating group) is 2. The van der Waals surface area contributed by atoms with Gasteiger partial charge >= 0.3 is 0 Å². The molecule has 0 bridgehead atoms. The molecule has 1 aliphatic heterocycles. The minimum absolute atomic E-state index is 0.321. The standard InChI is InChI=1S/C17H35N3O/c1-5-10-18-12-16(9-11-21-15-16)13-20(4)14-17(19(2)3)7-6-8-17/h18H,5-15H2,1-4H3. The summed E-state index contributed by atoms with van der Waals surface area (Å²) < 4.78 is 5.73. The number of hydrogen-bond acceptors (Lipinski definition) is 4. The summed E-state index contributed by atoms with van der Waals surface area (Å²) in [5.41, 5.74) is 0.743. The zero-order valence-corrected chi connectivity index (χ0v) is 14.6. The van der Waals surface area contributed by atoms with Crippen molar-refractivity contribution in [1.29, 1.82) is 0 Å². The van der Waals surface area contributed by atoms with Gasteiger partial charge in [-0.3, -0.25) is 0 Å². The van der Waals surface area contributed by atoms with Crippen LogP contribution in [0.5, 0.6) is 0 Å². The fraction of sp³-hybridized carbons (Fsp3) is 1.00. The van der Waals surface area contributed by atoms with Gasteiger partial charge in [0, 0.05) is 37.2 Å². The second kappa shape index (κ2) is 7.40. The molecule has 1 heterocycles. The van der Waals surface area contributed by atoms with Gasteiger partial charge in [0.25, 0.3) is 0 Å². The van der Waals surface area contributed by atoms with Crippen LogP contribution in [0.4, 0.5) is 0 Å². The van der Waals surface area contributed by atoms with Crippen molar-refractivity contribution >= 4 is 0 Å². The molecule has 4 nitrogen and oxygen atoms in total. The van der Waals surface area contributed by atoms with E-state index >= 15 is 0 Å². The van der Waals surface area contributed by atoms with Crippen molar-refractivity contribution in [3.8, 4) is 0 Å². The molecule has 1 saturated carbocycles. The van der Waals surface area contributed by atoms with Gasteiger partial charge in [0.15, 0.2) is 0 Å². The average molecular weight is 297 g/mol. The summed E-state index contributed by atoms with van der Waals surface area (Å²) >= 11 is 0. The maximum absolute atomic E-state index is 5.73. The van der Waals surface area contributed by atoms with Crippen LogP contribution in [0.3, 0.4) is 0 Å². The highest BCUT2D eigenvalue weighted by atomic mass is 16.5. The second-order valence-electron chi connectivity index (χ2n) is 7.62. The molecule has 1 atom stereocenters. The minimum Gasteiger partial charge on any atom is -0.381 e. The number of nitrogens with zero attached hydrogens (tertiary/aromatic N) is 2. The van der Waals surface area contributed by atoms with Crippen molar-refractivity contribution in [3.63, 3.8) is 0 Å². The number of ether oxygens (including phenoxy) is 1. The minimum atomic E-state index is 0.321. The van der Waals surface area contributed by atoms with E-state index in [1.807, 2.05) is 0 Å². The van der Waals surface area contributed by atoms with Crippen LogP contribution >= 0.6 is 0 Å². The zero-order valence-electron chi connectivity index (χ0n) is 14.6. The maximum Gasteiger partial charge on any atom is 0.0547 e. The number of rotatable bonds is 9. The van der Waals surface area contributed by atoms with Crippen LogP contribution in [0.25, 0.3) is 0 Å². The van der Waals surface area contributed by atoms with Gasteiger partial charge in [0.05, 0.1) is 6.61 Å².